The van der Waals surface area contributed by atoms with Crippen molar-refractivity contribution in [3.63, 3.8) is 0 Å². The van der Waals surface area contributed by atoms with Crippen molar-refractivity contribution in [2.75, 3.05) is 11.4 Å². The molecule has 0 aromatic heterocycles. The number of hydrogen-bond acceptors (Lipinski definition) is 3. The molecule has 0 bridgehead atoms. The van der Waals surface area contributed by atoms with Gasteiger partial charge < -0.3 is 9.84 Å². The van der Waals surface area contributed by atoms with Crippen LogP contribution in [0, 0.1) is 0 Å². The summed E-state index contributed by atoms with van der Waals surface area (Å²) in [7, 11) is 0. The van der Waals surface area contributed by atoms with E-state index in [-0.39, 0.29) is 11.6 Å². The van der Waals surface area contributed by atoms with Crippen LogP contribution in [0.3, 0.4) is 0 Å². The van der Waals surface area contributed by atoms with Crippen LogP contribution in [-0.4, -0.2) is 34.8 Å². The summed E-state index contributed by atoms with van der Waals surface area (Å²) in [4.78, 5) is 17.1. The second-order valence-corrected chi connectivity index (χ2v) is 6.90. The summed E-state index contributed by atoms with van der Waals surface area (Å²) in [6.45, 7) is 7.69. The van der Waals surface area contributed by atoms with Gasteiger partial charge in [-0.05, 0) is 39.8 Å². The Hall–Kier alpha value is -1.46. The zero-order valence-corrected chi connectivity index (χ0v) is 14.4. The van der Waals surface area contributed by atoms with Crippen molar-refractivity contribution in [3.8, 4) is 0 Å². The average molecular weight is 345 g/mol. The number of carbonyl (C=O) groups is 1. The molecule has 0 saturated heterocycles. The van der Waals surface area contributed by atoms with Gasteiger partial charge in [0.25, 0.3) is 0 Å². The highest BCUT2D eigenvalue weighted by atomic mass is 35.5. The maximum Gasteiger partial charge on any atom is 0.412 e. The molecule has 1 aliphatic heterocycles. The summed E-state index contributed by atoms with van der Waals surface area (Å²) in [5, 5.41) is 9.95. The Labute approximate surface area is 139 Å². The number of carboxylic acid groups (broad SMARTS) is 1. The number of aliphatic imine (C=N–C) groups is 1. The van der Waals surface area contributed by atoms with E-state index in [1.807, 2.05) is 27.7 Å². The molecule has 1 aliphatic rings. The fourth-order valence-corrected chi connectivity index (χ4v) is 2.45. The van der Waals surface area contributed by atoms with Crippen molar-refractivity contribution in [2.45, 2.75) is 38.8 Å². The van der Waals surface area contributed by atoms with Gasteiger partial charge in [0, 0.05) is 0 Å². The Balaban J connectivity index is 2.33. The maximum absolute atomic E-state index is 11.6. The topological polar surface area (TPSA) is 62.1 Å². The Morgan fingerprint density at radius 1 is 1.32 bits per heavy atom. The summed E-state index contributed by atoms with van der Waals surface area (Å²) in [5.41, 5.74) is -0.648. The van der Waals surface area contributed by atoms with Gasteiger partial charge in [-0.2, -0.15) is 0 Å². The van der Waals surface area contributed by atoms with Crippen molar-refractivity contribution in [2.24, 2.45) is 4.99 Å². The SMILES string of the molecule is CC1(C)N=C(CN(C(=O)O)c2cccc(Cl)c2Cl)OC1(C)C. The summed E-state index contributed by atoms with van der Waals surface area (Å²) in [5.74, 6) is 0.355. The Bertz CT molecular complexity index is 642. The molecule has 1 aromatic carbocycles. The van der Waals surface area contributed by atoms with Crippen LogP contribution in [0.4, 0.5) is 10.5 Å². The molecule has 1 aromatic rings. The summed E-state index contributed by atoms with van der Waals surface area (Å²) >= 11 is 12.1. The third kappa shape index (κ3) is 3.01. The van der Waals surface area contributed by atoms with Crippen LogP contribution >= 0.6 is 23.2 Å². The highest BCUT2D eigenvalue weighted by Crippen LogP contribution is 2.36. The number of amides is 1. The first-order valence-electron chi connectivity index (χ1n) is 6.77. The molecule has 120 valence electrons. The molecule has 0 fully saturated rings. The third-order valence-electron chi connectivity index (χ3n) is 4.00. The van der Waals surface area contributed by atoms with Gasteiger partial charge in [-0.3, -0.25) is 4.90 Å². The van der Waals surface area contributed by atoms with Gasteiger partial charge in [-0.25, -0.2) is 9.79 Å². The number of halogens is 2. The molecule has 0 radical (unpaired) electrons. The number of nitrogens with zero attached hydrogens (tertiary/aromatic N) is 2. The van der Waals surface area contributed by atoms with Gasteiger partial charge >= 0.3 is 6.09 Å². The van der Waals surface area contributed by atoms with E-state index in [2.05, 4.69) is 4.99 Å². The van der Waals surface area contributed by atoms with E-state index in [4.69, 9.17) is 27.9 Å². The average Bonchev–Trinajstić information content (AvgIpc) is 2.58. The first-order valence-corrected chi connectivity index (χ1v) is 7.53. The predicted molar refractivity (Wildman–Crippen MR) is 88.5 cm³/mol. The molecule has 0 unspecified atom stereocenters. The molecular formula is C15H18Cl2N2O3. The van der Waals surface area contributed by atoms with Crippen LogP contribution in [0.15, 0.2) is 23.2 Å². The lowest BCUT2D eigenvalue weighted by Crippen LogP contribution is -2.42. The summed E-state index contributed by atoms with van der Waals surface area (Å²) in [6.07, 6.45) is -1.15. The zero-order valence-electron chi connectivity index (χ0n) is 12.9. The van der Waals surface area contributed by atoms with E-state index in [1.54, 1.807) is 18.2 Å². The molecule has 1 N–H and O–H groups in total. The van der Waals surface area contributed by atoms with Crippen LogP contribution in [0.1, 0.15) is 27.7 Å². The molecule has 0 aliphatic carbocycles. The van der Waals surface area contributed by atoms with Crippen molar-refractivity contribution in [1.82, 2.24) is 0 Å². The van der Waals surface area contributed by atoms with Crippen LogP contribution < -0.4 is 4.90 Å². The standard InChI is InChI=1S/C15H18Cl2N2O3/c1-14(2)15(3,4)22-11(18-14)8-19(13(20)21)10-7-5-6-9(16)12(10)17/h5-7H,8H2,1-4H3,(H,20,21). The van der Waals surface area contributed by atoms with E-state index in [9.17, 15) is 9.90 Å². The summed E-state index contributed by atoms with van der Waals surface area (Å²) in [6, 6.07) is 4.84. The monoisotopic (exact) mass is 344 g/mol. The van der Waals surface area contributed by atoms with E-state index >= 15 is 0 Å². The fraction of sp³-hybridized carbons (Fsp3) is 0.467. The van der Waals surface area contributed by atoms with Crippen molar-refractivity contribution in [3.05, 3.63) is 28.2 Å². The van der Waals surface area contributed by atoms with Gasteiger partial charge in [-0.1, -0.05) is 29.3 Å². The number of rotatable bonds is 3. The Morgan fingerprint density at radius 2 is 1.95 bits per heavy atom. The van der Waals surface area contributed by atoms with Crippen molar-refractivity contribution < 1.29 is 14.6 Å². The lowest BCUT2D eigenvalue weighted by Gasteiger charge is -2.31. The van der Waals surface area contributed by atoms with Gasteiger partial charge in [-0.15, -0.1) is 0 Å². The summed E-state index contributed by atoms with van der Waals surface area (Å²) < 4.78 is 5.81. The van der Waals surface area contributed by atoms with Crippen LogP contribution in [0.2, 0.25) is 10.0 Å². The molecule has 5 nitrogen and oxygen atoms in total. The third-order valence-corrected chi connectivity index (χ3v) is 4.81. The largest absolute Gasteiger partial charge is 0.471 e. The molecule has 22 heavy (non-hydrogen) atoms. The zero-order chi connectivity index (χ0) is 16.7. The molecule has 2 rings (SSSR count). The molecule has 0 spiro atoms. The van der Waals surface area contributed by atoms with Gasteiger partial charge in [0.2, 0.25) is 5.90 Å². The van der Waals surface area contributed by atoms with E-state index in [1.165, 1.54) is 0 Å². The normalized spacial score (nSPS) is 18.5. The Kier molecular flexibility index (Phi) is 4.33. The number of ether oxygens (including phenoxy) is 1. The quantitative estimate of drug-likeness (QED) is 0.880. The number of anilines is 1. The second kappa shape index (κ2) is 5.63. The Morgan fingerprint density at radius 3 is 2.45 bits per heavy atom. The van der Waals surface area contributed by atoms with E-state index in [0.29, 0.717) is 16.6 Å². The smallest absolute Gasteiger partial charge is 0.412 e. The minimum absolute atomic E-state index is 0.0255. The minimum atomic E-state index is -1.15. The van der Waals surface area contributed by atoms with Crippen LogP contribution in [0.25, 0.3) is 0 Å². The highest BCUT2D eigenvalue weighted by molar-refractivity contribution is 6.44. The molecule has 1 heterocycles. The molecule has 1 amide bonds. The van der Waals surface area contributed by atoms with Crippen LogP contribution in [0.5, 0.6) is 0 Å². The van der Waals surface area contributed by atoms with Gasteiger partial charge in [0.05, 0.1) is 21.3 Å². The number of hydrogen-bond donors (Lipinski definition) is 1. The highest BCUT2D eigenvalue weighted by Gasteiger charge is 2.45. The first kappa shape index (κ1) is 16.9. The van der Waals surface area contributed by atoms with Crippen molar-refractivity contribution >= 4 is 40.9 Å². The molecule has 0 saturated carbocycles. The van der Waals surface area contributed by atoms with E-state index in [0.717, 1.165) is 4.90 Å². The lowest BCUT2D eigenvalue weighted by molar-refractivity contribution is 0.0600. The van der Waals surface area contributed by atoms with E-state index < -0.39 is 17.2 Å². The van der Waals surface area contributed by atoms with Crippen LogP contribution in [-0.2, 0) is 4.74 Å². The second-order valence-electron chi connectivity index (χ2n) is 6.12. The molecule has 0 atom stereocenters. The lowest BCUT2D eigenvalue weighted by atomic mass is 9.87. The predicted octanol–water partition coefficient (Wildman–Crippen LogP) is 4.46. The van der Waals surface area contributed by atoms with Crippen molar-refractivity contribution in [1.29, 1.82) is 0 Å². The first-order chi connectivity index (χ1) is 10.0. The minimum Gasteiger partial charge on any atom is -0.471 e. The molecular weight excluding hydrogens is 327 g/mol. The molecule has 7 heteroatoms. The van der Waals surface area contributed by atoms with Gasteiger partial charge in [0.15, 0.2) is 0 Å². The van der Waals surface area contributed by atoms with Gasteiger partial charge in [0.1, 0.15) is 12.1 Å². The fourth-order valence-electron chi connectivity index (χ4n) is 2.05. The number of benzene rings is 1. The maximum atomic E-state index is 11.6.